The minimum absolute atomic E-state index is 0.181. The second-order valence-electron chi connectivity index (χ2n) is 7.79. The van der Waals surface area contributed by atoms with Crippen LogP contribution in [0, 0.1) is 0 Å². The van der Waals surface area contributed by atoms with E-state index in [0.29, 0.717) is 23.7 Å². The Kier molecular flexibility index (Phi) is 7.11. The van der Waals surface area contributed by atoms with Crippen LogP contribution in [0.5, 0.6) is 11.5 Å². The average molecular weight is 472 g/mol. The maximum absolute atomic E-state index is 12.8. The van der Waals surface area contributed by atoms with Crippen molar-refractivity contribution in [2.24, 2.45) is 0 Å². The van der Waals surface area contributed by atoms with Crippen LogP contribution in [0.1, 0.15) is 34.0 Å². The number of carboxylic acids is 1. The standard InChI is InChI=1S/C27H24N2O6/c1-2-34-24-15-20(10-13-23(24)35-17-19-8-11-21(12-9-19)26(31)32)14-22-25(30)29(27(33)28-22)16-18-6-4-3-5-7-18/h3-15H,2,16-17H2,1H3,(H,28,33)(H,31,32)/b22-14+. The topological polar surface area (TPSA) is 105 Å². The third-order valence-electron chi connectivity index (χ3n) is 5.32. The lowest BCUT2D eigenvalue weighted by Gasteiger charge is -2.13. The quantitative estimate of drug-likeness (QED) is 0.352. The molecule has 0 spiro atoms. The first-order valence-electron chi connectivity index (χ1n) is 11.0. The number of amides is 3. The Morgan fingerprint density at radius 1 is 0.943 bits per heavy atom. The summed E-state index contributed by atoms with van der Waals surface area (Å²) in [5, 5.41) is 11.7. The molecule has 4 rings (SSSR count). The summed E-state index contributed by atoms with van der Waals surface area (Å²) in [4.78, 5) is 37.3. The number of aromatic carboxylic acids is 1. The molecule has 1 heterocycles. The molecule has 0 unspecified atom stereocenters. The van der Waals surface area contributed by atoms with Crippen molar-refractivity contribution in [2.75, 3.05) is 6.61 Å². The van der Waals surface area contributed by atoms with Gasteiger partial charge in [-0.05, 0) is 54.0 Å². The Balaban J connectivity index is 1.48. The molecule has 3 aromatic rings. The van der Waals surface area contributed by atoms with Crippen LogP contribution in [0.15, 0.2) is 78.5 Å². The monoisotopic (exact) mass is 472 g/mol. The molecule has 1 aliphatic rings. The molecule has 1 aliphatic heterocycles. The van der Waals surface area contributed by atoms with Gasteiger partial charge in [0.25, 0.3) is 5.91 Å². The van der Waals surface area contributed by atoms with Gasteiger partial charge >= 0.3 is 12.0 Å². The smallest absolute Gasteiger partial charge is 0.335 e. The zero-order valence-corrected chi connectivity index (χ0v) is 19.1. The van der Waals surface area contributed by atoms with E-state index in [-0.39, 0.29) is 24.4 Å². The number of hydrogen-bond donors (Lipinski definition) is 2. The van der Waals surface area contributed by atoms with Gasteiger partial charge in [-0.15, -0.1) is 0 Å². The molecule has 0 aliphatic carbocycles. The van der Waals surface area contributed by atoms with Crippen LogP contribution in [-0.2, 0) is 17.9 Å². The summed E-state index contributed by atoms with van der Waals surface area (Å²) in [6, 6.07) is 20.5. The zero-order chi connectivity index (χ0) is 24.8. The van der Waals surface area contributed by atoms with E-state index < -0.39 is 17.9 Å². The van der Waals surface area contributed by atoms with Gasteiger partial charge < -0.3 is 19.9 Å². The van der Waals surface area contributed by atoms with Crippen LogP contribution in [0.3, 0.4) is 0 Å². The van der Waals surface area contributed by atoms with Crippen molar-refractivity contribution in [3.63, 3.8) is 0 Å². The van der Waals surface area contributed by atoms with E-state index in [2.05, 4.69) is 5.32 Å². The highest BCUT2D eigenvalue weighted by molar-refractivity contribution is 6.13. The van der Waals surface area contributed by atoms with Gasteiger partial charge in [0.2, 0.25) is 0 Å². The van der Waals surface area contributed by atoms with Gasteiger partial charge in [-0.3, -0.25) is 9.69 Å². The molecule has 2 N–H and O–H groups in total. The third kappa shape index (κ3) is 5.67. The lowest BCUT2D eigenvalue weighted by Crippen LogP contribution is -2.30. The number of carbonyl (C=O) groups excluding carboxylic acids is 2. The van der Waals surface area contributed by atoms with E-state index in [0.717, 1.165) is 16.0 Å². The number of carboxylic acid groups (broad SMARTS) is 1. The van der Waals surface area contributed by atoms with Crippen LogP contribution >= 0.6 is 0 Å². The summed E-state index contributed by atoms with van der Waals surface area (Å²) in [6.07, 6.45) is 1.60. The number of benzene rings is 3. The number of ether oxygens (including phenoxy) is 2. The lowest BCUT2D eigenvalue weighted by molar-refractivity contribution is -0.123. The third-order valence-corrected chi connectivity index (χ3v) is 5.32. The summed E-state index contributed by atoms with van der Waals surface area (Å²) < 4.78 is 11.6. The predicted octanol–water partition coefficient (Wildman–Crippen LogP) is 4.46. The minimum Gasteiger partial charge on any atom is -0.490 e. The van der Waals surface area contributed by atoms with Crippen LogP contribution in [-0.4, -0.2) is 34.5 Å². The molecular weight excluding hydrogens is 448 g/mol. The Morgan fingerprint density at radius 2 is 1.69 bits per heavy atom. The van der Waals surface area contributed by atoms with E-state index in [4.69, 9.17) is 14.6 Å². The van der Waals surface area contributed by atoms with E-state index >= 15 is 0 Å². The molecule has 8 heteroatoms. The first-order valence-corrected chi connectivity index (χ1v) is 11.0. The van der Waals surface area contributed by atoms with Gasteiger partial charge in [-0.2, -0.15) is 0 Å². The highest BCUT2D eigenvalue weighted by Gasteiger charge is 2.33. The fraction of sp³-hybridized carbons (Fsp3) is 0.148. The Hall–Kier alpha value is -4.59. The molecule has 3 aromatic carbocycles. The highest BCUT2D eigenvalue weighted by Crippen LogP contribution is 2.30. The van der Waals surface area contributed by atoms with Crippen molar-refractivity contribution < 1.29 is 29.0 Å². The molecule has 8 nitrogen and oxygen atoms in total. The second kappa shape index (κ2) is 10.6. The molecule has 1 saturated heterocycles. The van der Waals surface area contributed by atoms with Gasteiger partial charge in [0, 0.05) is 0 Å². The maximum atomic E-state index is 12.8. The van der Waals surface area contributed by atoms with E-state index in [1.165, 1.54) is 12.1 Å². The molecule has 0 aromatic heterocycles. The Morgan fingerprint density at radius 3 is 2.37 bits per heavy atom. The number of rotatable bonds is 9. The van der Waals surface area contributed by atoms with Crippen LogP contribution in [0.2, 0.25) is 0 Å². The lowest BCUT2D eigenvalue weighted by atomic mass is 10.1. The number of carbonyl (C=O) groups is 3. The molecule has 0 bridgehead atoms. The number of nitrogens with one attached hydrogen (secondary N) is 1. The van der Waals surface area contributed by atoms with E-state index in [9.17, 15) is 14.4 Å². The van der Waals surface area contributed by atoms with Gasteiger partial charge in [-0.25, -0.2) is 9.59 Å². The van der Waals surface area contributed by atoms with Crippen LogP contribution in [0.4, 0.5) is 4.79 Å². The molecule has 0 atom stereocenters. The van der Waals surface area contributed by atoms with Gasteiger partial charge in [0.05, 0.1) is 18.7 Å². The normalized spacial score (nSPS) is 14.2. The predicted molar refractivity (Wildman–Crippen MR) is 129 cm³/mol. The SMILES string of the molecule is CCOc1cc(/C=C2/NC(=O)N(Cc3ccccc3)C2=O)ccc1OCc1ccc(C(=O)O)cc1. The van der Waals surface area contributed by atoms with Crippen molar-refractivity contribution in [1.82, 2.24) is 10.2 Å². The number of imide groups is 1. The summed E-state index contributed by atoms with van der Waals surface area (Å²) in [7, 11) is 0. The summed E-state index contributed by atoms with van der Waals surface area (Å²) in [5.41, 5.74) is 2.71. The largest absolute Gasteiger partial charge is 0.490 e. The van der Waals surface area contributed by atoms with Crippen molar-refractivity contribution in [3.05, 3.63) is 101 Å². The Labute approximate surface area is 202 Å². The zero-order valence-electron chi connectivity index (χ0n) is 19.1. The van der Waals surface area contributed by atoms with E-state index in [1.54, 1.807) is 36.4 Å². The van der Waals surface area contributed by atoms with Gasteiger partial charge in [0.15, 0.2) is 11.5 Å². The molecule has 3 amide bonds. The van der Waals surface area contributed by atoms with Crippen LogP contribution in [0.25, 0.3) is 6.08 Å². The molecular formula is C27H24N2O6. The highest BCUT2D eigenvalue weighted by atomic mass is 16.5. The average Bonchev–Trinajstić information content (AvgIpc) is 3.12. The molecule has 1 fully saturated rings. The van der Waals surface area contributed by atoms with Crippen molar-refractivity contribution in [2.45, 2.75) is 20.1 Å². The van der Waals surface area contributed by atoms with Crippen LogP contribution < -0.4 is 14.8 Å². The van der Waals surface area contributed by atoms with Crippen molar-refractivity contribution >= 4 is 24.0 Å². The molecule has 0 saturated carbocycles. The van der Waals surface area contributed by atoms with Crippen molar-refractivity contribution in [1.29, 1.82) is 0 Å². The summed E-state index contributed by atoms with van der Waals surface area (Å²) >= 11 is 0. The van der Waals surface area contributed by atoms with Gasteiger partial charge in [0.1, 0.15) is 12.3 Å². The first-order chi connectivity index (χ1) is 16.9. The maximum Gasteiger partial charge on any atom is 0.335 e. The first kappa shape index (κ1) is 23.6. The number of nitrogens with zero attached hydrogens (tertiary/aromatic N) is 1. The number of hydrogen-bond acceptors (Lipinski definition) is 5. The van der Waals surface area contributed by atoms with Gasteiger partial charge in [-0.1, -0.05) is 48.5 Å². The summed E-state index contributed by atoms with van der Waals surface area (Å²) in [5.74, 6) is -0.395. The van der Waals surface area contributed by atoms with Crippen molar-refractivity contribution in [3.8, 4) is 11.5 Å². The van der Waals surface area contributed by atoms with E-state index in [1.807, 2.05) is 37.3 Å². The minimum atomic E-state index is -0.985. The Bertz CT molecular complexity index is 1270. The fourth-order valence-electron chi connectivity index (χ4n) is 3.55. The summed E-state index contributed by atoms with van der Waals surface area (Å²) in [6.45, 7) is 2.67. The molecule has 178 valence electrons. The molecule has 35 heavy (non-hydrogen) atoms. The molecule has 0 radical (unpaired) electrons. The second-order valence-corrected chi connectivity index (χ2v) is 7.79. The number of urea groups is 1. The fourth-order valence-corrected chi connectivity index (χ4v) is 3.55.